The zero-order valence-electron chi connectivity index (χ0n) is 17.5. The van der Waals surface area contributed by atoms with Crippen LogP contribution < -0.4 is 5.43 Å². The predicted octanol–water partition coefficient (Wildman–Crippen LogP) is 3.43. The minimum absolute atomic E-state index is 0.0964. The van der Waals surface area contributed by atoms with Gasteiger partial charge in [0.25, 0.3) is 0 Å². The number of carbonyl (C=O) groups is 1. The van der Waals surface area contributed by atoms with Crippen molar-refractivity contribution in [3.63, 3.8) is 0 Å². The summed E-state index contributed by atoms with van der Waals surface area (Å²) in [5.41, 5.74) is 7.37. The fraction of sp³-hybridized carbons (Fsp3) is 0.522. The lowest BCUT2D eigenvalue weighted by atomic mass is 9.74. The fourth-order valence-electron chi connectivity index (χ4n) is 5.36. The Balaban J connectivity index is 1.81. The number of amides is 2. The molecule has 1 fully saturated rings. The Hall–Kier alpha value is -2.31. The third-order valence-corrected chi connectivity index (χ3v) is 6.71. The first-order chi connectivity index (χ1) is 14.1. The van der Waals surface area contributed by atoms with Gasteiger partial charge in [-0.15, -0.1) is 6.58 Å². The number of likely N-dealkylation sites (tertiary alicyclic amines) is 1. The van der Waals surface area contributed by atoms with Crippen LogP contribution in [0.5, 0.6) is 0 Å². The number of aliphatic hydroxyl groups is 1. The molecule has 1 saturated heterocycles. The molecule has 0 saturated carbocycles. The van der Waals surface area contributed by atoms with Gasteiger partial charge >= 0.3 is 6.03 Å². The summed E-state index contributed by atoms with van der Waals surface area (Å²) in [4.78, 5) is 17.0. The van der Waals surface area contributed by atoms with E-state index < -0.39 is 0 Å². The highest BCUT2D eigenvalue weighted by Crippen LogP contribution is 2.45. The summed E-state index contributed by atoms with van der Waals surface area (Å²) in [6.45, 7) is 11.1. The number of aliphatic hydroxyl groups excluding tert-OH is 1. The lowest BCUT2D eigenvalue weighted by molar-refractivity contribution is 0.138. The molecular weight excluding hydrogens is 364 g/mol. The number of rotatable bonds is 6. The van der Waals surface area contributed by atoms with Gasteiger partial charge in [0.15, 0.2) is 0 Å². The molecule has 1 aromatic heterocycles. The number of benzene rings is 1. The monoisotopic (exact) mass is 396 g/mol. The fourth-order valence-corrected chi connectivity index (χ4v) is 5.36. The highest BCUT2D eigenvalue weighted by atomic mass is 16.3. The first-order valence-electron chi connectivity index (χ1n) is 10.8. The highest BCUT2D eigenvalue weighted by molar-refractivity contribution is 5.93. The molecule has 6 nitrogen and oxygen atoms in total. The molecule has 156 valence electrons. The second-order valence-corrected chi connectivity index (χ2v) is 8.05. The van der Waals surface area contributed by atoms with Crippen molar-refractivity contribution in [1.29, 1.82) is 0 Å². The topological polar surface area (TPSA) is 60.7 Å². The van der Waals surface area contributed by atoms with E-state index in [-0.39, 0.29) is 12.6 Å². The Morgan fingerprint density at radius 2 is 2.17 bits per heavy atom. The molecule has 2 amide bonds. The van der Waals surface area contributed by atoms with E-state index in [9.17, 15) is 9.90 Å². The summed E-state index contributed by atoms with van der Waals surface area (Å²) in [5, 5.41) is 11.5. The molecule has 0 unspecified atom stereocenters. The van der Waals surface area contributed by atoms with Gasteiger partial charge in [0.1, 0.15) is 0 Å². The molecule has 4 rings (SSSR count). The predicted molar refractivity (Wildman–Crippen MR) is 117 cm³/mol. The normalized spacial score (nSPS) is 21.1. The average Bonchev–Trinajstić information content (AvgIpc) is 3.03. The molecule has 0 spiro atoms. The largest absolute Gasteiger partial charge is 0.390 e. The molecule has 2 atom stereocenters. The van der Waals surface area contributed by atoms with E-state index in [0.29, 0.717) is 25.0 Å². The van der Waals surface area contributed by atoms with Crippen molar-refractivity contribution in [3.8, 4) is 0 Å². The van der Waals surface area contributed by atoms with Gasteiger partial charge in [-0.3, -0.25) is 9.58 Å². The summed E-state index contributed by atoms with van der Waals surface area (Å²) in [6.07, 6.45) is 5.26. The second-order valence-electron chi connectivity index (χ2n) is 8.05. The van der Waals surface area contributed by atoms with Gasteiger partial charge in [-0.25, -0.2) is 10.2 Å². The van der Waals surface area contributed by atoms with Crippen molar-refractivity contribution in [2.45, 2.75) is 51.7 Å². The average molecular weight is 397 g/mol. The Morgan fingerprint density at radius 1 is 1.38 bits per heavy atom. The number of aromatic nitrogens is 1. The van der Waals surface area contributed by atoms with Crippen LogP contribution in [-0.4, -0.2) is 57.8 Å². The number of hydrogen-bond donors (Lipinski definition) is 2. The molecule has 1 aliphatic carbocycles. The van der Waals surface area contributed by atoms with Gasteiger partial charge < -0.3 is 10.0 Å². The third-order valence-electron chi connectivity index (χ3n) is 6.71. The van der Waals surface area contributed by atoms with Crippen LogP contribution in [-0.2, 0) is 13.0 Å². The zero-order chi connectivity index (χ0) is 20.5. The van der Waals surface area contributed by atoms with Crippen molar-refractivity contribution < 1.29 is 9.90 Å². The number of piperidine rings is 1. The van der Waals surface area contributed by atoms with Gasteiger partial charge in [-0.2, -0.15) is 0 Å². The number of carbonyl (C=O) groups excluding carboxylic acids is 1. The summed E-state index contributed by atoms with van der Waals surface area (Å²) in [5.74, 6) is 0.487. The summed E-state index contributed by atoms with van der Waals surface area (Å²) in [7, 11) is 0. The van der Waals surface area contributed by atoms with Crippen molar-refractivity contribution in [2.24, 2.45) is 0 Å². The maximum Gasteiger partial charge on any atom is 0.336 e. The Bertz CT molecular complexity index is 915. The second kappa shape index (κ2) is 8.20. The highest BCUT2D eigenvalue weighted by Gasteiger charge is 2.39. The van der Waals surface area contributed by atoms with E-state index in [1.54, 1.807) is 4.90 Å². The Morgan fingerprint density at radius 3 is 2.86 bits per heavy atom. The number of nitrogens with zero attached hydrogens (tertiary/aromatic N) is 3. The molecule has 1 aliphatic heterocycles. The molecule has 1 aromatic carbocycles. The Kier molecular flexibility index (Phi) is 5.65. The van der Waals surface area contributed by atoms with Gasteiger partial charge in [0, 0.05) is 37.0 Å². The van der Waals surface area contributed by atoms with Crippen LogP contribution in [0.2, 0.25) is 0 Å². The van der Waals surface area contributed by atoms with Crippen molar-refractivity contribution in [2.75, 3.05) is 31.6 Å². The van der Waals surface area contributed by atoms with E-state index in [2.05, 4.69) is 35.1 Å². The van der Waals surface area contributed by atoms with E-state index in [0.717, 1.165) is 30.7 Å². The SMILES string of the molecule is C=CCN1CCC[C@@H]2c3cccc4c3c(c(CO)n4NC(=O)N(CC)CC)C[C@H]21. The van der Waals surface area contributed by atoms with Crippen LogP contribution in [0.15, 0.2) is 30.9 Å². The standard InChI is InChI=1S/C23H32N4O2/c1-4-12-26-13-8-10-16-17-9-7-11-19-22(17)18(14-20(16)26)21(15-28)27(19)24-23(29)25(5-2)6-3/h4,7,9,11,16,20,28H,1,5-6,8,10,12-15H2,2-3H3,(H,24,29)/t16-,20-/m1/s1. The summed E-state index contributed by atoms with van der Waals surface area (Å²) < 4.78 is 1.82. The first-order valence-corrected chi connectivity index (χ1v) is 10.8. The molecule has 2 N–H and O–H groups in total. The molecule has 2 aromatic rings. The summed E-state index contributed by atoms with van der Waals surface area (Å²) >= 11 is 0. The van der Waals surface area contributed by atoms with E-state index in [1.807, 2.05) is 24.6 Å². The number of hydrogen-bond acceptors (Lipinski definition) is 3. The number of urea groups is 1. The zero-order valence-corrected chi connectivity index (χ0v) is 17.5. The minimum atomic E-state index is -0.136. The van der Waals surface area contributed by atoms with Crippen molar-refractivity contribution in [3.05, 3.63) is 47.7 Å². The Labute approximate surface area is 172 Å². The van der Waals surface area contributed by atoms with Gasteiger partial charge in [-0.1, -0.05) is 18.2 Å². The maximum absolute atomic E-state index is 12.8. The van der Waals surface area contributed by atoms with Crippen LogP contribution in [0.4, 0.5) is 4.79 Å². The lowest BCUT2D eigenvalue weighted by Crippen LogP contribution is -2.46. The van der Waals surface area contributed by atoms with Gasteiger partial charge in [0.05, 0.1) is 17.8 Å². The molecule has 2 heterocycles. The van der Waals surface area contributed by atoms with E-state index >= 15 is 0 Å². The lowest BCUT2D eigenvalue weighted by Gasteiger charge is -2.44. The maximum atomic E-state index is 12.8. The molecule has 6 heteroatoms. The van der Waals surface area contributed by atoms with Crippen LogP contribution in [0.25, 0.3) is 10.9 Å². The van der Waals surface area contributed by atoms with E-state index in [1.165, 1.54) is 29.4 Å². The van der Waals surface area contributed by atoms with Crippen molar-refractivity contribution in [1.82, 2.24) is 14.5 Å². The summed E-state index contributed by atoms with van der Waals surface area (Å²) in [6, 6.07) is 6.65. The number of nitrogens with one attached hydrogen (secondary N) is 1. The molecule has 2 aliphatic rings. The smallest absolute Gasteiger partial charge is 0.336 e. The van der Waals surface area contributed by atoms with Gasteiger partial charge in [0.2, 0.25) is 0 Å². The van der Waals surface area contributed by atoms with Gasteiger partial charge in [-0.05, 0) is 56.8 Å². The minimum Gasteiger partial charge on any atom is -0.390 e. The van der Waals surface area contributed by atoms with Crippen molar-refractivity contribution >= 4 is 16.9 Å². The molecular formula is C23H32N4O2. The van der Waals surface area contributed by atoms with Crippen LogP contribution >= 0.6 is 0 Å². The molecule has 0 bridgehead atoms. The van der Waals surface area contributed by atoms with Crippen LogP contribution in [0, 0.1) is 0 Å². The third kappa shape index (κ3) is 3.24. The number of fused-ring (bicyclic) bond motifs is 2. The van der Waals surface area contributed by atoms with Crippen LogP contribution in [0.3, 0.4) is 0 Å². The van der Waals surface area contributed by atoms with Crippen LogP contribution in [0.1, 0.15) is 49.4 Å². The van der Waals surface area contributed by atoms with E-state index in [4.69, 9.17) is 0 Å². The molecule has 29 heavy (non-hydrogen) atoms. The first kappa shape index (κ1) is 20.0. The molecule has 0 radical (unpaired) electrons. The quantitative estimate of drug-likeness (QED) is 0.736.